The van der Waals surface area contributed by atoms with Crippen molar-refractivity contribution in [2.24, 2.45) is 0 Å². The standard InChI is InChI=1S/C21H26N6O4S/c1-15-5-8-20(31-2)18(13-15)23-21(28)22-9-12-27-19-7-6-16(14-17(19)24-25-27)32(29,30)26-10-3-4-11-26/h5-8,13-14H,3-4,9-12H2,1-2H3,(H2,22,23,28). The Kier molecular flexibility index (Phi) is 6.28. The van der Waals surface area contributed by atoms with E-state index in [2.05, 4.69) is 20.9 Å². The molecule has 0 aliphatic carbocycles. The molecule has 0 radical (unpaired) electrons. The smallest absolute Gasteiger partial charge is 0.319 e. The molecule has 2 heterocycles. The SMILES string of the molecule is COc1ccc(C)cc1NC(=O)NCCn1nnc2cc(S(=O)(=O)N3CCCC3)ccc21. The molecule has 1 saturated heterocycles. The number of hydrogen-bond donors (Lipinski definition) is 2. The van der Waals surface area contributed by atoms with Gasteiger partial charge in [-0.2, -0.15) is 4.31 Å². The van der Waals surface area contributed by atoms with Gasteiger partial charge in [0.2, 0.25) is 10.0 Å². The van der Waals surface area contributed by atoms with Crippen molar-refractivity contribution in [3.8, 4) is 5.75 Å². The lowest BCUT2D eigenvalue weighted by Gasteiger charge is -2.15. The van der Waals surface area contributed by atoms with Crippen LogP contribution in [-0.2, 0) is 16.6 Å². The number of aryl methyl sites for hydroxylation is 1. The maximum Gasteiger partial charge on any atom is 0.319 e. The number of sulfonamides is 1. The van der Waals surface area contributed by atoms with Crippen LogP contribution in [0.4, 0.5) is 10.5 Å². The molecule has 4 rings (SSSR count). The molecule has 3 aromatic rings. The molecule has 1 aliphatic heterocycles. The van der Waals surface area contributed by atoms with Crippen molar-refractivity contribution in [1.82, 2.24) is 24.6 Å². The number of benzene rings is 2. The zero-order chi connectivity index (χ0) is 22.7. The van der Waals surface area contributed by atoms with Crippen LogP contribution in [0.5, 0.6) is 5.75 Å². The summed E-state index contributed by atoms with van der Waals surface area (Å²) in [5, 5.41) is 13.8. The highest BCUT2D eigenvalue weighted by molar-refractivity contribution is 7.89. The van der Waals surface area contributed by atoms with Gasteiger partial charge in [0.15, 0.2) is 0 Å². The summed E-state index contributed by atoms with van der Waals surface area (Å²) in [7, 11) is -1.96. The Labute approximate surface area is 186 Å². The highest BCUT2D eigenvalue weighted by atomic mass is 32.2. The number of anilines is 1. The number of fused-ring (bicyclic) bond motifs is 1. The first-order chi connectivity index (χ1) is 15.4. The van der Waals surface area contributed by atoms with Crippen LogP contribution in [0.2, 0.25) is 0 Å². The van der Waals surface area contributed by atoms with Gasteiger partial charge in [0, 0.05) is 19.6 Å². The minimum atomic E-state index is -3.51. The summed E-state index contributed by atoms with van der Waals surface area (Å²) in [6.45, 7) is 3.73. The monoisotopic (exact) mass is 458 g/mol. The highest BCUT2D eigenvalue weighted by Gasteiger charge is 2.27. The molecule has 2 N–H and O–H groups in total. The number of carbonyl (C=O) groups excluding carboxylic acids is 1. The molecule has 11 heteroatoms. The van der Waals surface area contributed by atoms with Gasteiger partial charge in [0.05, 0.1) is 29.8 Å². The van der Waals surface area contributed by atoms with E-state index in [-0.39, 0.29) is 10.9 Å². The third-order valence-electron chi connectivity index (χ3n) is 5.40. The van der Waals surface area contributed by atoms with Crippen LogP contribution >= 0.6 is 0 Å². The number of nitrogens with zero attached hydrogens (tertiary/aromatic N) is 4. The predicted octanol–water partition coefficient (Wildman–Crippen LogP) is 2.35. The number of amides is 2. The van der Waals surface area contributed by atoms with E-state index in [1.54, 1.807) is 36.1 Å². The second kappa shape index (κ2) is 9.13. The summed E-state index contributed by atoms with van der Waals surface area (Å²) < 4.78 is 33.9. The molecule has 2 amide bonds. The molecule has 0 unspecified atom stereocenters. The minimum Gasteiger partial charge on any atom is -0.495 e. The Balaban J connectivity index is 1.39. The van der Waals surface area contributed by atoms with Crippen LogP contribution in [-0.4, -0.2) is 60.5 Å². The summed E-state index contributed by atoms with van der Waals surface area (Å²) in [5.74, 6) is 0.577. The molecule has 1 fully saturated rings. The van der Waals surface area contributed by atoms with E-state index in [9.17, 15) is 13.2 Å². The maximum absolute atomic E-state index is 12.8. The number of rotatable bonds is 7. The van der Waals surface area contributed by atoms with Crippen molar-refractivity contribution < 1.29 is 17.9 Å². The molecule has 1 aromatic heterocycles. The van der Waals surface area contributed by atoms with E-state index in [4.69, 9.17) is 4.74 Å². The van der Waals surface area contributed by atoms with E-state index < -0.39 is 10.0 Å². The van der Waals surface area contributed by atoms with E-state index in [0.29, 0.717) is 48.6 Å². The van der Waals surface area contributed by atoms with Crippen molar-refractivity contribution in [2.75, 3.05) is 32.1 Å². The van der Waals surface area contributed by atoms with Gasteiger partial charge >= 0.3 is 6.03 Å². The number of carbonyl (C=O) groups is 1. The largest absolute Gasteiger partial charge is 0.495 e. The second-order valence-corrected chi connectivity index (χ2v) is 9.60. The van der Waals surface area contributed by atoms with Crippen molar-refractivity contribution in [3.05, 3.63) is 42.0 Å². The van der Waals surface area contributed by atoms with Gasteiger partial charge in [-0.15, -0.1) is 5.10 Å². The van der Waals surface area contributed by atoms with E-state index >= 15 is 0 Å². The number of urea groups is 1. The fourth-order valence-corrected chi connectivity index (χ4v) is 5.25. The first-order valence-corrected chi connectivity index (χ1v) is 11.9. The van der Waals surface area contributed by atoms with Crippen LogP contribution < -0.4 is 15.4 Å². The summed E-state index contributed by atoms with van der Waals surface area (Å²) in [5.41, 5.74) is 2.79. The van der Waals surface area contributed by atoms with E-state index in [1.165, 1.54) is 4.31 Å². The van der Waals surface area contributed by atoms with Gasteiger partial charge in [-0.1, -0.05) is 11.3 Å². The molecule has 0 atom stereocenters. The molecule has 0 bridgehead atoms. The van der Waals surface area contributed by atoms with Crippen molar-refractivity contribution >= 4 is 32.8 Å². The van der Waals surface area contributed by atoms with Crippen molar-refractivity contribution in [3.63, 3.8) is 0 Å². The molecule has 170 valence electrons. The summed E-state index contributed by atoms with van der Waals surface area (Å²) in [4.78, 5) is 12.5. The fourth-order valence-electron chi connectivity index (χ4n) is 3.72. The topological polar surface area (TPSA) is 118 Å². The van der Waals surface area contributed by atoms with Gasteiger partial charge in [-0.25, -0.2) is 17.9 Å². The molecular weight excluding hydrogens is 432 g/mol. The second-order valence-electron chi connectivity index (χ2n) is 7.66. The average molecular weight is 459 g/mol. The Hall–Kier alpha value is -3.18. The van der Waals surface area contributed by atoms with Crippen molar-refractivity contribution in [1.29, 1.82) is 0 Å². The zero-order valence-corrected chi connectivity index (χ0v) is 18.9. The normalized spacial score (nSPS) is 14.6. The molecule has 0 saturated carbocycles. The quantitative estimate of drug-likeness (QED) is 0.561. The van der Waals surface area contributed by atoms with Gasteiger partial charge in [0.1, 0.15) is 11.3 Å². The molecule has 0 spiro atoms. The Morgan fingerprint density at radius 1 is 1.16 bits per heavy atom. The van der Waals surface area contributed by atoms with E-state index in [0.717, 1.165) is 18.4 Å². The van der Waals surface area contributed by atoms with Gasteiger partial charge in [-0.05, 0) is 55.7 Å². The van der Waals surface area contributed by atoms with Crippen LogP contribution in [0, 0.1) is 6.92 Å². The first-order valence-electron chi connectivity index (χ1n) is 10.4. The zero-order valence-electron chi connectivity index (χ0n) is 18.0. The lowest BCUT2D eigenvalue weighted by atomic mass is 10.2. The van der Waals surface area contributed by atoms with Crippen molar-refractivity contribution in [2.45, 2.75) is 31.2 Å². The average Bonchev–Trinajstić information content (AvgIpc) is 3.44. The van der Waals surface area contributed by atoms with Crippen LogP contribution in [0.1, 0.15) is 18.4 Å². The molecular formula is C21H26N6O4S. The van der Waals surface area contributed by atoms with Crippen LogP contribution in [0.3, 0.4) is 0 Å². The Morgan fingerprint density at radius 2 is 1.94 bits per heavy atom. The fraction of sp³-hybridized carbons (Fsp3) is 0.381. The third kappa shape index (κ3) is 4.53. The molecule has 2 aromatic carbocycles. The highest BCUT2D eigenvalue weighted by Crippen LogP contribution is 2.25. The van der Waals surface area contributed by atoms with Crippen LogP contribution in [0.15, 0.2) is 41.3 Å². The van der Waals surface area contributed by atoms with Crippen LogP contribution in [0.25, 0.3) is 11.0 Å². The predicted molar refractivity (Wildman–Crippen MR) is 120 cm³/mol. The third-order valence-corrected chi connectivity index (χ3v) is 7.30. The maximum atomic E-state index is 12.8. The summed E-state index contributed by atoms with van der Waals surface area (Å²) >= 11 is 0. The lowest BCUT2D eigenvalue weighted by Crippen LogP contribution is -2.31. The molecule has 32 heavy (non-hydrogen) atoms. The van der Waals surface area contributed by atoms with Gasteiger partial charge in [-0.3, -0.25) is 0 Å². The molecule has 1 aliphatic rings. The van der Waals surface area contributed by atoms with Gasteiger partial charge in [0.25, 0.3) is 0 Å². The number of aromatic nitrogens is 3. The van der Waals surface area contributed by atoms with E-state index in [1.807, 2.05) is 19.1 Å². The number of hydrogen-bond acceptors (Lipinski definition) is 6. The Bertz CT molecular complexity index is 1230. The van der Waals surface area contributed by atoms with Gasteiger partial charge < -0.3 is 15.4 Å². The first kappa shape index (κ1) is 22.0. The number of nitrogens with one attached hydrogen (secondary N) is 2. The number of methoxy groups -OCH3 is 1. The summed E-state index contributed by atoms with van der Waals surface area (Å²) in [6.07, 6.45) is 1.77. The number of ether oxygens (including phenoxy) is 1. The Morgan fingerprint density at radius 3 is 2.69 bits per heavy atom. The summed E-state index contributed by atoms with van der Waals surface area (Å²) in [6, 6.07) is 10.0. The lowest BCUT2D eigenvalue weighted by molar-refractivity contribution is 0.251. The molecule has 10 nitrogen and oxygen atoms in total. The minimum absolute atomic E-state index is 0.226.